The number of rotatable bonds is 9. The minimum absolute atomic E-state index is 0.587. The minimum Gasteiger partial charge on any atom is -0.316 e. The van der Waals surface area contributed by atoms with Crippen LogP contribution < -0.4 is 5.32 Å². The molecule has 0 amide bonds. The average molecular weight is 225 g/mol. The molecule has 1 atom stereocenters. The Morgan fingerprint density at radius 2 is 2.00 bits per heavy atom. The maximum atomic E-state index is 3.64. The van der Waals surface area contributed by atoms with E-state index in [0.717, 1.165) is 11.8 Å². The Hall–Kier alpha value is -0.0400. The summed E-state index contributed by atoms with van der Waals surface area (Å²) < 4.78 is 0. The van der Waals surface area contributed by atoms with E-state index in [1.165, 1.54) is 51.6 Å². The van der Waals surface area contributed by atoms with Crippen LogP contribution in [0.25, 0.3) is 0 Å². The van der Waals surface area contributed by atoms with Gasteiger partial charge in [0.05, 0.1) is 0 Å². The van der Waals surface area contributed by atoms with Crippen molar-refractivity contribution >= 4 is 0 Å². The lowest BCUT2D eigenvalue weighted by atomic mass is 9.79. The fraction of sp³-hybridized carbons (Fsp3) is 1.00. The zero-order chi connectivity index (χ0) is 12.0. The highest BCUT2D eigenvalue weighted by molar-refractivity contribution is 4.92. The lowest BCUT2D eigenvalue weighted by molar-refractivity contribution is 0.225. The molecule has 0 aromatic rings. The molecule has 1 unspecified atom stereocenters. The van der Waals surface area contributed by atoms with Gasteiger partial charge in [-0.25, -0.2) is 0 Å². The van der Waals surface area contributed by atoms with Gasteiger partial charge < -0.3 is 5.32 Å². The van der Waals surface area contributed by atoms with Crippen molar-refractivity contribution in [2.75, 3.05) is 13.1 Å². The van der Waals surface area contributed by atoms with Gasteiger partial charge >= 0.3 is 0 Å². The minimum atomic E-state index is 0.587. The number of hydrogen-bond donors (Lipinski definition) is 1. The predicted molar refractivity (Wildman–Crippen MR) is 72.7 cm³/mol. The molecular weight excluding hydrogens is 194 g/mol. The Morgan fingerprint density at radius 1 is 1.31 bits per heavy atom. The maximum absolute atomic E-state index is 3.64. The molecule has 0 bridgehead atoms. The molecule has 16 heavy (non-hydrogen) atoms. The topological polar surface area (TPSA) is 12.0 Å². The third kappa shape index (κ3) is 4.86. The lowest BCUT2D eigenvalue weighted by Gasteiger charge is -2.30. The standard InChI is InChI=1S/C15H31N/c1-5-11-16-12-15(4,14-8-9-14)10-6-7-13(2)3/h13-14,16H,5-12H2,1-4H3. The largest absolute Gasteiger partial charge is 0.316 e. The molecule has 0 aromatic carbocycles. The quantitative estimate of drug-likeness (QED) is 0.579. The Balaban J connectivity index is 2.27. The van der Waals surface area contributed by atoms with Crippen LogP contribution in [0.4, 0.5) is 0 Å². The maximum Gasteiger partial charge on any atom is 0.000781 e. The molecule has 1 saturated carbocycles. The highest BCUT2D eigenvalue weighted by Gasteiger charge is 2.40. The monoisotopic (exact) mass is 225 g/mol. The highest BCUT2D eigenvalue weighted by Crippen LogP contribution is 2.48. The van der Waals surface area contributed by atoms with E-state index >= 15 is 0 Å². The third-order valence-electron chi connectivity index (χ3n) is 4.05. The second-order valence-electron chi connectivity index (χ2n) is 6.39. The van der Waals surface area contributed by atoms with Crippen molar-refractivity contribution in [2.24, 2.45) is 17.3 Å². The van der Waals surface area contributed by atoms with Crippen molar-refractivity contribution in [3.63, 3.8) is 0 Å². The predicted octanol–water partition coefficient (Wildman–Crippen LogP) is 4.23. The van der Waals surface area contributed by atoms with E-state index in [1.54, 1.807) is 0 Å². The first-order valence-corrected chi connectivity index (χ1v) is 7.29. The van der Waals surface area contributed by atoms with E-state index in [-0.39, 0.29) is 0 Å². The Labute approximate surface area is 102 Å². The molecule has 0 radical (unpaired) electrons. The summed E-state index contributed by atoms with van der Waals surface area (Å²) in [5.74, 6) is 1.89. The summed E-state index contributed by atoms with van der Waals surface area (Å²) in [6.45, 7) is 11.9. The summed E-state index contributed by atoms with van der Waals surface area (Å²) in [6.07, 6.45) is 8.45. The van der Waals surface area contributed by atoms with E-state index < -0.39 is 0 Å². The molecular formula is C15H31N. The zero-order valence-electron chi connectivity index (χ0n) is 11.8. The van der Waals surface area contributed by atoms with Crippen molar-refractivity contribution in [1.82, 2.24) is 5.32 Å². The molecule has 1 rings (SSSR count). The summed E-state index contributed by atoms with van der Waals surface area (Å²) in [7, 11) is 0. The first-order chi connectivity index (χ1) is 7.58. The van der Waals surface area contributed by atoms with Crippen LogP contribution in [0.5, 0.6) is 0 Å². The summed E-state index contributed by atoms with van der Waals surface area (Å²) in [5, 5.41) is 3.64. The fourth-order valence-electron chi connectivity index (χ4n) is 2.68. The van der Waals surface area contributed by atoms with E-state index in [1.807, 2.05) is 0 Å². The van der Waals surface area contributed by atoms with Gasteiger partial charge in [0.25, 0.3) is 0 Å². The molecule has 0 aromatic heterocycles. The van der Waals surface area contributed by atoms with Crippen molar-refractivity contribution in [3.05, 3.63) is 0 Å². The van der Waals surface area contributed by atoms with Crippen LogP contribution in [-0.4, -0.2) is 13.1 Å². The highest BCUT2D eigenvalue weighted by atomic mass is 14.9. The van der Waals surface area contributed by atoms with Gasteiger partial charge in [-0.1, -0.05) is 40.5 Å². The summed E-state index contributed by atoms with van der Waals surface area (Å²) >= 11 is 0. The first-order valence-electron chi connectivity index (χ1n) is 7.29. The van der Waals surface area contributed by atoms with Crippen molar-refractivity contribution in [1.29, 1.82) is 0 Å². The summed E-state index contributed by atoms with van der Waals surface area (Å²) in [4.78, 5) is 0. The van der Waals surface area contributed by atoms with Crippen LogP contribution in [-0.2, 0) is 0 Å². The molecule has 1 aliphatic carbocycles. The molecule has 1 heteroatoms. The molecule has 1 aliphatic rings. The first kappa shape index (κ1) is 14.0. The van der Waals surface area contributed by atoms with Gasteiger partial charge in [-0.2, -0.15) is 0 Å². The Morgan fingerprint density at radius 3 is 2.50 bits per heavy atom. The van der Waals surface area contributed by atoms with E-state index in [0.29, 0.717) is 5.41 Å². The van der Waals surface area contributed by atoms with Crippen LogP contribution in [0.1, 0.15) is 66.2 Å². The normalized spacial score (nSPS) is 20.1. The molecule has 0 heterocycles. The van der Waals surface area contributed by atoms with Crippen LogP contribution in [0.15, 0.2) is 0 Å². The van der Waals surface area contributed by atoms with Gasteiger partial charge in [0.1, 0.15) is 0 Å². The van der Waals surface area contributed by atoms with Crippen LogP contribution in [0.2, 0.25) is 0 Å². The zero-order valence-corrected chi connectivity index (χ0v) is 11.8. The Bertz CT molecular complexity index is 184. The van der Waals surface area contributed by atoms with E-state index in [4.69, 9.17) is 0 Å². The van der Waals surface area contributed by atoms with Crippen LogP contribution in [0.3, 0.4) is 0 Å². The van der Waals surface area contributed by atoms with E-state index in [9.17, 15) is 0 Å². The fourth-order valence-corrected chi connectivity index (χ4v) is 2.68. The second-order valence-corrected chi connectivity index (χ2v) is 6.39. The molecule has 0 spiro atoms. The van der Waals surface area contributed by atoms with Crippen LogP contribution >= 0.6 is 0 Å². The third-order valence-corrected chi connectivity index (χ3v) is 4.05. The SMILES string of the molecule is CCCNCC(C)(CCCC(C)C)C1CC1. The van der Waals surface area contributed by atoms with Gasteiger partial charge in [-0.3, -0.25) is 0 Å². The summed E-state index contributed by atoms with van der Waals surface area (Å²) in [6, 6.07) is 0. The van der Waals surface area contributed by atoms with Gasteiger partial charge in [0.15, 0.2) is 0 Å². The molecule has 1 N–H and O–H groups in total. The molecule has 96 valence electrons. The van der Waals surface area contributed by atoms with Gasteiger partial charge in [0, 0.05) is 6.54 Å². The smallest absolute Gasteiger partial charge is 0.000781 e. The molecule has 1 fully saturated rings. The Kier molecular flexibility index (Phi) is 5.82. The summed E-state index contributed by atoms with van der Waals surface area (Å²) in [5.41, 5.74) is 0.587. The van der Waals surface area contributed by atoms with E-state index in [2.05, 4.69) is 33.0 Å². The van der Waals surface area contributed by atoms with Crippen LogP contribution in [0, 0.1) is 17.3 Å². The molecule has 0 saturated heterocycles. The number of nitrogens with one attached hydrogen (secondary N) is 1. The van der Waals surface area contributed by atoms with Gasteiger partial charge in [-0.15, -0.1) is 0 Å². The van der Waals surface area contributed by atoms with Gasteiger partial charge in [-0.05, 0) is 49.5 Å². The second kappa shape index (κ2) is 6.64. The molecule has 1 nitrogen and oxygen atoms in total. The molecule has 0 aliphatic heterocycles. The number of hydrogen-bond acceptors (Lipinski definition) is 1. The van der Waals surface area contributed by atoms with Crippen molar-refractivity contribution in [3.8, 4) is 0 Å². The van der Waals surface area contributed by atoms with Crippen molar-refractivity contribution in [2.45, 2.75) is 66.2 Å². The lowest BCUT2D eigenvalue weighted by Crippen LogP contribution is -2.34. The van der Waals surface area contributed by atoms with Crippen molar-refractivity contribution < 1.29 is 0 Å². The van der Waals surface area contributed by atoms with Gasteiger partial charge in [0.2, 0.25) is 0 Å². The average Bonchev–Trinajstić information content (AvgIpc) is 3.00.